The van der Waals surface area contributed by atoms with E-state index in [1.165, 1.54) is 6.42 Å². The largest absolute Gasteiger partial charge is 0.457 e. The van der Waals surface area contributed by atoms with Gasteiger partial charge < -0.3 is 14.2 Å². The minimum Gasteiger partial charge on any atom is -0.457 e. The Morgan fingerprint density at radius 3 is 2.58 bits per heavy atom. The maximum absolute atomic E-state index is 12.6. The Bertz CT molecular complexity index is 634. The first-order chi connectivity index (χ1) is 12.6. The van der Waals surface area contributed by atoms with Crippen LogP contribution >= 0.6 is 0 Å². The zero-order valence-corrected chi connectivity index (χ0v) is 15.4. The SMILES string of the molecule is CCC1(OC(=O)COC(=O)C2CC3OC2C2C4C=CC(C4)C32)CCCC1. The van der Waals surface area contributed by atoms with E-state index in [9.17, 15) is 9.59 Å². The lowest BCUT2D eigenvalue weighted by atomic mass is 9.69. The van der Waals surface area contributed by atoms with Crippen LogP contribution in [0.1, 0.15) is 51.9 Å². The van der Waals surface area contributed by atoms with E-state index in [0.29, 0.717) is 23.7 Å². The van der Waals surface area contributed by atoms with Crippen LogP contribution in [0.2, 0.25) is 0 Å². The summed E-state index contributed by atoms with van der Waals surface area (Å²) in [6, 6.07) is 0. The van der Waals surface area contributed by atoms with E-state index in [1.54, 1.807) is 0 Å². The molecule has 7 unspecified atom stereocenters. The highest BCUT2D eigenvalue weighted by Crippen LogP contribution is 2.61. The van der Waals surface area contributed by atoms with E-state index in [1.807, 2.05) is 0 Å². The first-order valence-corrected chi connectivity index (χ1v) is 10.3. The van der Waals surface area contributed by atoms with E-state index >= 15 is 0 Å². The van der Waals surface area contributed by atoms with E-state index in [-0.39, 0.29) is 36.3 Å². The van der Waals surface area contributed by atoms with Gasteiger partial charge in [0.15, 0.2) is 6.61 Å². The summed E-state index contributed by atoms with van der Waals surface area (Å²) >= 11 is 0. The molecule has 0 aromatic carbocycles. The van der Waals surface area contributed by atoms with Gasteiger partial charge in [-0.15, -0.1) is 0 Å². The van der Waals surface area contributed by atoms with Crippen molar-refractivity contribution < 1.29 is 23.8 Å². The molecule has 2 saturated carbocycles. The van der Waals surface area contributed by atoms with Crippen LogP contribution < -0.4 is 0 Å². The molecule has 0 radical (unpaired) electrons. The van der Waals surface area contributed by atoms with Gasteiger partial charge in [0.2, 0.25) is 0 Å². The van der Waals surface area contributed by atoms with E-state index in [0.717, 1.165) is 38.5 Å². The smallest absolute Gasteiger partial charge is 0.344 e. The molecule has 3 aliphatic carbocycles. The molecule has 7 atom stereocenters. The summed E-state index contributed by atoms with van der Waals surface area (Å²) in [5.41, 5.74) is -0.332. The fraction of sp³-hybridized carbons (Fsp3) is 0.810. The lowest BCUT2D eigenvalue weighted by Crippen LogP contribution is -2.40. The van der Waals surface area contributed by atoms with E-state index in [4.69, 9.17) is 14.2 Å². The second kappa shape index (κ2) is 6.08. The van der Waals surface area contributed by atoms with Crippen LogP contribution in [-0.2, 0) is 23.8 Å². The number of fused-ring (bicyclic) bond motifs is 9. The Labute approximate surface area is 154 Å². The number of carbonyl (C=O) groups excluding carboxylic acids is 2. The molecule has 5 aliphatic rings. The molecule has 4 fully saturated rings. The number of allylic oxidation sites excluding steroid dienone is 2. The van der Waals surface area contributed by atoms with Gasteiger partial charge in [-0.25, -0.2) is 4.79 Å². The molecule has 2 saturated heterocycles. The van der Waals surface area contributed by atoms with Crippen molar-refractivity contribution in [2.24, 2.45) is 29.6 Å². The van der Waals surface area contributed by atoms with Gasteiger partial charge in [0.05, 0.1) is 18.1 Å². The highest BCUT2D eigenvalue weighted by Gasteiger charge is 2.64. The summed E-state index contributed by atoms with van der Waals surface area (Å²) in [5, 5.41) is 0. The topological polar surface area (TPSA) is 61.8 Å². The monoisotopic (exact) mass is 360 g/mol. The van der Waals surface area contributed by atoms with Crippen LogP contribution in [0, 0.1) is 29.6 Å². The first-order valence-electron chi connectivity index (χ1n) is 10.3. The molecule has 0 spiro atoms. The molecule has 0 aromatic rings. The molecule has 2 aliphatic heterocycles. The third kappa shape index (κ3) is 2.46. The summed E-state index contributed by atoms with van der Waals surface area (Å²) in [7, 11) is 0. The predicted octanol–water partition coefficient (Wildman–Crippen LogP) is 3.02. The van der Waals surface area contributed by atoms with Crippen molar-refractivity contribution in [3.63, 3.8) is 0 Å². The first kappa shape index (κ1) is 16.8. The van der Waals surface area contributed by atoms with Crippen molar-refractivity contribution in [3.05, 3.63) is 12.2 Å². The summed E-state index contributed by atoms with van der Waals surface area (Å²) in [5.74, 6) is 1.36. The Balaban J connectivity index is 1.16. The fourth-order valence-corrected chi connectivity index (χ4v) is 6.51. The highest BCUT2D eigenvalue weighted by molar-refractivity contribution is 5.79. The van der Waals surface area contributed by atoms with Gasteiger partial charge in [0, 0.05) is 0 Å². The van der Waals surface area contributed by atoms with Crippen molar-refractivity contribution in [3.8, 4) is 0 Å². The molecular weight excluding hydrogens is 332 g/mol. The number of esters is 2. The second-order valence-corrected chi connectivity index (χ2v) is 8.91. The van der Waals surface area contributed by atoms with Crippen LogP contribution in [0.3, 0.4) is 0 Å². The quantitative estimate of drug-likeness (QED) is 0.557. The average molecular weight is 360 g/mol. The van der Waals surface area contributed by atoms with Crippen LogP contribution in [0.25, 0.3) is 0 Å². The molecular formula is C21H28O5. The van der Waals surface area contributed by atoms with Gasteiger partial charge in [0.1, 0.15) is 5.60 Å². The summed E-state index contributed by atoms with van der Waals surface area (Å²) in [4.78, 5) is 24.8. The Kier molecular flexibility index (Phi) is 3.93. The van der Waals surface area contributed by atoms with Crippen molar-refractivity contribution >= 4 is 11.9 Å². The van der Waals surface area contributed by atoms with Gasteiger partial charge in [-0.2, -0.15) is 0 Å². The minimum absolute atomic E-state index is 0.0229. The van der Waals surface area contributed by atoms with Crippen LogP contribution in [0.4, 0.5) is 0 Å². The van der Waals surface area contributed by atoms with E-state index in [2.05, 4.69) is 19.1 Å². The van der Waals surface area contributed by atoms with Crippen molar-refractivity contribution in [2.45, 2.75) is 69.7 Å². The molecule has 142 valence electrons. The van der Waals surface area contributed by atoms with Crippen molar-refractivity contribution in [1.82, 2.24) is 0 Å². The highest BCUT2D eigenvalue weighted by atomic mass is 16.6. The van der Waals surface area contributed by atoms with Gasteiger partial charge in [-0.05, 0) is 68.6 Å². The second-order valence-electron chi connectivity index (χ2n) is 8.91. The van der Waals surface area contributed by atoms with Gasteiger partial charge in [-0.1, -0.05) is 19.1 Å². The lowest BCUT2D eigenvalue weighted by molar-refractivity contribution is -0.172. The summed E-state index contributed by atoms with van der Waals surface area (Å²) < 4.78 is 17.2. The van der Waals surface area contributed by atoms with E-state index < -0.39 is 5.97 Å². The van der Waals surface area contributed by atoms with Crippen LogP contribution in [-0.4, -0.2) is 36.4 Å². The molecule has 5 heteroatoms. The van der Waals surface area contributed by atoms with Crippen LogP contribution in [0.5, 0.6) is 0 Å². The lowest BCUT2D eigenvalue weighted by Gasteiger charge is -2.32. The molecule has 26 heavy (non-hydrogen) atoms. The third-order valence-corrected chi connectivity index (χ3v) is 7.73. The Hall–Kier alpha value is -1.36. The van der Waals surface area contributed by atoms with Crippen molar-refractivity contribution in [1.29, 1.82) is 0 Å². The standard InChI is InChI=1S/C21H28O5/c1-2-21(7-3-4-8-21)26-16(22)11-24-20(23)14-10-15-17-12-5-6-13(9-12)18(17)19(14)25-15/h5-6,12-15,17-19H,2-4,7-11H2,1H3. The minimum atomic E-state index is -0.410. The zero-order valence-electron chi connectivity index (χ0n) is 15.4. The summed E-state index contributed by atoms with van der Waals surface area (Å²) in [6.07, 6.45) is 11.6. The molecule has 5 nitrogen and oxygen atoms in total. The number of ether oxygens (including phenoxy) is 3. The maximum atomic E-state index is 12.6. The number of rotatable bonds is 5. The van der Waals surface area contributed by atoms with Crippen LogP contribution in [0.15, 0.2) is 12.2 Å². The predicted molar refractivity (Wildman–Crippen MR) is 93.0 cm³/mol. The third-order valence-electron chi connectivity index (χ3n) is 7.73. The normalized spacial score (nSPS) is 43.7. The van der Waals surface area contributed by atoms with Gasteiger partial charge in [-0.3, -0.25) is 4.79 Å². The molecule has 0 N–H and O–H groups in total. The zero-order chi connectivity index (χ0) is 17.9. The summed E-state index contributed by atoms with van der Waals surface area (Å²) in [6.45, 7) is 1.78. The molecule has 0 amide bonds. The maximum Gasteiger partial charge on any atom is 0.344 e. The van der Waals surface area contributed by atoms with Gasteiger partial charge in [0.25, 0.3) is 0 Å². The Morgan fingerprint density at radius 1 is 1.12 bits per heavy atom. The number of carbonyl (C=O) groups is 2. The number of hydrogen-bond acceptors (Lipinski definition) is 5. The Morgan fingerprint density at radius 2 is 1.85 bits per heavy atom. The molecule has 5 rings (SSSR count). The number of hydrogen-bond donors (Lipinski definition) is 0. The average Bonchev–Trinajstić information content (AvgIpc) is 3.44. The fourth-order valence-electron chi connectivity index (χ4n) is 6.51. The molecule has 2 heterocycles. The molecule has 0 aromatic heterocycles. The molecule has 4 bridgehead atoms. The van der Waals surface area contributed by atoms with Gasteiger partial charge >= 0.3 is 11.9 Å². The van der Waals surface area contributed by atoms with Crippen molar-refractivity contribution in [2.75, 3.05) is 6.61 Å².